The van der Waals surface area contributed by atoms with Gasteiger partial charge in [0.25, 0.3) is 0 Å². The van der Waals surface area contributed by atoms with E-state index in [1.165, 1.54) is 6.07 Å². The van der Waals surface area contributed by atoms with Gasteiger partial charge >= 0.3 is 18.0 Å². The number of aryl methyl sites for hydroxylation is 1. The van der Waals surface area contributed by atoms with Crippen molar-refractivity contribution < 1.29 is 34.1 Å². The van der Waals surface area contributed by atoms with Gasteiger partial charge in [0.2, 0.25) is 0 Å². The number of nitrogens with zero attached hydrogens (tertiary/aromatic N) is 1. The molecular weight excluding hydrogens is 568 g/mol. The molecule has 3 aromatic rings. The van der Waals surface area contributed by atoms with Crippen molar-refractivity contribution in [3.63, 3.8) is 0 Å². The van der Waals surface area contributed by atoms with E-state index in [4.69, 9.17) is 21.4 Å². The fraction of sp³-hybridized carbons (Fsp3) is 0.154. The van der Waals surface area contributed by atoms with Crippen molar-refractivity contribution in [1.29, 1.82) is 0 Å². The highest BCUT2D eigenvalue weighted by Crippen LogP contribution is 2.34. The van der Waals surface area contributed by atoms with E-state index >= 15 is 0 Å². The molecule has 3 aromatic carbocycles. The molecule has 0 aliphatic rings. The molecule has 1 amide bonds. The fourth-order valence-corrected chi connectivity index (χ4v) is 4.00. The summed E-state index contributed by atoms with van der Waals surface area (Å²) in [5.41, 5.74) is 2.67. The van der Waals surface area contributed by atoms with Gasteiger partial charge in [0.15, 0.2) is 12.5 Å². The van der Waals surface area contributed by atoms with Gasteiger partial charge in [0.05, 0.1) is 29.2 Å². The number of ether oxygens (including phenoxy) is 1. The van der Waals surface area contributed by atoms with Crippen molar-refractivity contribution in [2.75, 3.05) is 16.9 Å². The second kappa shape index (κ2) is 12.4. The Bertz CT molecular complexity index is 1360. The Morgan fingerprint density at radius 3 is 2.35 bits per heavy atom. The van der Waals surface area contributed by atoms with Crippen LogP contribution in [-0.4, -0.2) is 40.8 Å². The van der Waals surface area contributed by atoms with Crippen LogP contribution in [0.1, 0.15) is 34.3 Å². The SMILES string of the molecule is Cc1ccccc1C(=O)c1ccc(Nc2ccc(Br)cc2N(COC(=O)CCC(=O)O)C(=O)O)cc1Cl. The van der Waals surface area contributed by atoms with Gasteiger partial charge in [0.1, 0.15) is 0 Å². The van der Waals surface area contributed by atoms with Crippen LogP contribution >= 0.6 is 27.5 Å². The Hall–Kier alpha value is -3.89. The predicted octanol–water partition coefficient (Wildman–Crippen LogP) is 6.24. The highest BCUT2D eigenvalue weighted by Gasteiger charge is 2.21. The monoisotopic (exact) mass is 588 g/mol. The number of anilines is 3. The number of aliphatic carboxylic acids is 1. The van der Waals surface area contributed by atoms with Crippen molar-refractivity contribution in [1.82, 2.24) is 0 Å². The van der Waals surface area contributed by atoms with Crippen molar-refractivity contribution >= 4 is 68.4 Å². The van der Waals surface area contributed by atoms with Crippen molar-refractivity contribution in [3.8, 4) is 0 Å². The van der Waals surface area contributed by atoms with E-state index in [0.717, 1.165) is 10.5 Å². The quantitative estimate of drug-likeness (QED) is 0.144. The average molecular weight is 590 g/mol. The summed E-state index contributed by atoms with van der Waals surface area (Å²) < 4.78 is 5.53. The highest BCUT2D eigenvalue weighted by molar-refractivity contribution is 9.10. The smallest absolute Gasteiger partial charge is 0.414 e. The van der Waals surface area contributed by atoms with Gasteiger partial charge in [-0.3, -0.25) is 14.4 Å². The van der Waals surface area contributed by atoms with Gasteiger partial charge in [-0.25, -0.2) is 9.69 Å². The summed E-state index contributed by atoms with van der Waals surface area (Å²) in [5.74, 6) is -2.24. The zero-order valence-electron chi connectivity index (χ0n) is 19.5. The van der Waals surface area contributed by atoms with E-state index < -0.39 is 37.6 Å². The molecule has 0 radical (unpaired) electrons. The molecule has 0 bridgehead atoms. The molecule has 0 saturated carbocycles. The van der Waals surface area contributed by atoms with Crippen LogP contribution in [0.5, 0.6) is 0 Å². The van der Waals surface area contributed by atoms with Gasteiger partial charge in [0, 0.05) is 21.3 Å². The Morgan fingerprint density at radius 1 is 0.973 bits per heavy atom. The molecule has 192 valence electrons. The summed E-state index contributed by atoms with van der Waals surface area (Å²) in [6, 6.07) is 16.8. The number of hydrogen-bond acceptors (Lipinski definition) is 6. The Labute approximate surface area is 225 Å². The number of nitrogens with one attached hydrogen (secondary N) is 1. The molecule has 0 heterocycles. The number of esters is 1. The summed E-state index contributed by atoms with van der Waals surface area (Å²) in [5, 5.41) is 21.7. The highest BCUT2D eigenvalue weighted by atomic mass is 79.9. The predicted molar refractivity (Wildman–Crippen MR) is 142 cm³/mol. The van der Waals surface area contributed by atoms with Gasteiger partial charge in [-0.2, -0.15) is 0 Å². The average Bonchev–Trinajstić information content (AvgIpc) is 2.84. The molecule has 3 rings (SSSR count). The van der Waals surface area contributed by atoms with Crippen LogP contribution in [0.4, 0.5) is 21.9 Å². The molecule has 0 saturated heterocycles. The number of benzene rings is 3. The summed E-state index contributed by atoms with van der Waals surface area (Å²) in [6.07, 6.45) is -2.22. The lowest BCUT2D eigenvalue weighted by Gasteiger charge is -2.23. The third kappa shape index (κ3) is 7.31. The summed E-state index contributed by atoms with van der Waals surface area (Å²) >= 11 is 9.74. The number of carbonyl (C=O) groups is 4. The molecule has 0 atom stereocenters. The first-order valence-electron chi connectivity index (χ1n) is 10.9. The number of carboxylic acids is 1. The zero-order chi connectivity index (χ0) is 27.1. The molecule has 9 nitrogen and oxygen atoms in total. The van der Waals surface area contributed by atoms with Crippen molar-refractivity contribution in [2.24, 2.45) is 0 Å². The third-order valence-electron chi connectivity index (χ3n) is 5.26. The second-order valence-corrected chi connectivity index (χ2v) is 9.20. The fourth-order valence-electron chi connectivity index (χ4n) is 3.38. The van der Waals surface area contributed by atoms with Gasteiger partial charge in [-0.15, -0.1) is 0 Å². The Balaban J connectivity index is 1.84. The minimum atomic E-state index is -1.40. The number of carbonyl (C=O) groups excluding carboxylic acids is 2. The number of ketones is 1. The van der Waals surface area contributed by atoms with E-state index in [0.29, 0.717) is 27.0 Å². The molecule has 0 aromatic heterocycles. The lowest BCUT2D eigenvalue weighted by atomic mass is 9.99. The molecule has 0 spiro atoms. The van der Waals surface area contributed by atoms with Crippen LogP contribution in [0.3, 0.4) is 0 Å². The van der Waals surface area contributed by atoms with Crippen molar-refractivity contribution in [3.05, 3.63) is 86.8 Å². The number of amides is 1. The maximum absolute atomic E-state index is 13.0. The van der Waals surface area contributed by atoms with E-state index in [-0.39, 0.29) is 16.5 Å². The normalized spacial score (nSPS) is 10.5. The molecule has 0 aliphatic carbocycles. The maximum Gasteiger partial charge on any atom is 0.414 e. The number of rotatable bonds is 10. The summed E-state index contributed by atoms with van der Waals surface area (Å²) in [7, 11) is 0. The number of carboxylic acid groups (broad SMARTS) is 2. The van der Waals surface area contributed by atoms with Crippen molar-refractivity contribution in [2.45, 2.75) is 19.8 Å². The van der Waals surface area contributed by atoms with Gasteiger partial charge in [-0.05, 0) is 48.9 Å². The van der Waals surface area contributed by atoms with E-state index in [1.54, 1.807) is 42.5 Å². The van der Waals surface area contributed by atoms with E-state index in [9.17, 15) is 24.3 Å². The number of hydrogen-bond donors (Lipinski definition) is 3. The first kappa shape index (κ1) is 27.7. The van der Waals surface area contributed by atoms with Crippen LogP contribution in [-0.2, 0) is 14.3 Å². The van der Waals surface area contributed by atoms with Gasteiger partial charge < -0.3 is 20.3 Å². The van der Waals surface area contributed by atoms with E-state index in [2.05, 4.69) is 21.2 Å². The third-order valence-corrected chi connectivity index (χ3v) is 6.07. The van der Waals surface area contributed by atoms with Gasteiger partial charge in [-0.1, -0.05) is 51.8 Å². The largest absolute Gasteiger partial charge is 0.481 e. The summed E-state index contributed by atoms with van der Waals surface area (Å²) in [4.78, 5) is 48.2. The molecular formula is C26H22BrClN2O7. The number of halogens is 2. The lowest BCUT2D eigenvalue weighted by molar-refractivity contribution is -0.147. The molecule has 11 heteroatoms. The first-order chi connectivity index (χ1) is 17.6. The van der Waals surface area contributed by atoms with E-state index in [1.807, 2.05) is 19.1 Å². The minimum Gasteiger partial charge on any atom is -0.481 e. The standard InChI is InChI=1S/C26H22BrClN2O7/c1-15-4-2-3-5-18(15)25(34)19-8-7-17(13-20(19)28)29-21-9-6-16(27)12-22(21)30(26(35)36)14-37-24(33)11-10-23(31)32/h2-9,12-13,29H,10-11,14H2,1H3,(H,31,32)(H,35,36). The molecule has 0 fully saturated rings. The summed E-state index contributed by atoms with van der Waals surface area (Å²) in [6.45, 7) is 1.19. The first-order valence-corrected chi connectivity index (χ1v) is 12.1. The van der Waals surface area contributed by atoms with Crippen LogP contribution in [0.15, 0.2) is 65.1 Å². The topological polar surface area (TPSA) is 133 Å². The zero-order valence-corrected chi connectivity index (χ0v) is 21.9. The Morgan fingerprint density at radius 2 is 1.70 bits per heavy atom. The van der Waals surface area contributed by atoms with Crippen LogP contribution in [0.2, 0.25) is 5.02 Å². The minimum absolute atomic E-state index is 0.157. The maximum atomic E-state index is 13.0. The molecule has 0 aliphatic heterocycles. The van der Waals surface area contributed by atoms with Crippen LogP contribution in [0.25, 0.3) is 0 Å². The molecule has 37 heavy (non-hydrogen) atoms. The second-order valence-electron chi connectivity index (χ2n) is 7.87. The van der Waals surface area contributed by atoms with Crippen LogP contribution < -0.4 is 10.2 Å². The molecule has 0 unspecified atom stereocenters. The molecule has 3 N–H and O–H groups in total. The lowest BCUT2D eigenvalue weighted by Crippen LogP contribution is -2.33. The van der Waals surface area contributed by atoms with Crippen LogP contribution in [0, 0.1) is 6.92 Å². The Kier molecular flexibility index (Phi) is 9.26.